The molecule has 0 aliphatic carbocycles. The summed E-state index contributed by atoms with van der Waals surface area (Å²) >= 11 is 8.13. The van der Waals surface area contributed by atoms with Crippen molar-refractivity contribution in [2.24, 2.45) is 16.3 Å². The summed E-state index contributed by atoms with van der Waals surface area (Å²) in [6, 6.07) is -0.222. The molecule has 1 aromatic heterocycles. The molecule has 62 heavy (non-hydrogen) atoms. The van der Waals surface area contributed by atoms with Crippen molar-refractivity contribution >= 4 is 87.1 Å². The number of nitrogens with one attached hydrogen (secondary N) is 3. The van der Waals surface area contributed by atoms with Gasteiger partial charge in [0.25, 0.3) is 17.7 Å². The molecule has 4 fully saturated rings. The topological polar surface area (TPSA) is 346 Å². The molecule has 5 aliphatic rings. The normalized spacial score (nSPS) is 23.8. The minimum absolute atomic E-state index is 0. The number of carboxylic acid groups (broad SMARTS) is 3. The molecule has 4 saturated heterocycles. The van der Waals surface area contributed by atoms with Crippen molar-refractivity contribution < 1.29 is 98.0 Å². The summed E-state index contributed by atoms with van der Waals surface area (Å²) in [4.78, 5) is 98.5. The fourth-order valence-corrected chi connectivity index (χ4v) is 9.87. The van der Waals surface area contributed by atoms with Crippen LogP contribution in [0.25, 0.3) is 0 Å². The summed E-state index contributed by atoms with van der Waals surface area (Å²) in [6.07, 6.45) is 0.498. The molecule has 4 atom stereocenters. The third-order valence-corrected chi connectivity index (χ3v) is 13.8. The number of nitrogens with zero attached hydrogens (tertiary/aromatic N) is 4. The number of nitrogen functional groups attached to an aromatic ring is 1. The number of thiazole rings is 1. The van der Waals surface area contributed by atoms with Gasteiger partial charge in [-0.2, -0.15) is 0 Å². The van der Waals surface area contributed by atoms with E-state index in [9.17, 15) is 54.0 Å². The summed E-state index contributed by atoms with van der Waals surface area (Å²) in [5.74, 6) is -8.06. The third kappa shape index (κ3) is 10.4. The van der Waals surface area contributed by atoms with Gasteiger partial charge in [0, 0.05) is 54.3 Å². The number of piperidine rings is 3. The molecule has 12 N–H and O–H groups in total. The Morgan fingerprint density at radius 3 is 2.34 bits per heavy atom. The van der Waals surface area contributed by atoms with Crippen LogP contribution in [0.5, 0.6) is 11.5 Å². The first-order valence-corrected chi connectivity index (χ1v) is 21.1. The molecule has 1 aromatic carbocycles. The van der Waals surface area contributed by atoms with E-state index >= 15 is 0 Å². The van der Waals surface area contributed by atoms with Gasteiger partial charge in [0.1, 0.15) is 35.4 Å². The number of anilines is 1. The maximum Gasteiger partial charge on any atom is 1.00 e. The number of carboxylic acids is 3. The number of phenolic OH excluding ortho intramolecular Hbond substituents is 2. The van der Waals surface area contributed by atoms with Gasteiger partial charge in [-0.15, -0.1) is 23.1 Å². The summed E-state index contributed by atoms with van der Waals surface area (Å²) in [6.45, 7) is 2.32. The van der Waals surface area contributed by atoms with Crippen LogP contribution in [-0.2, 0) is 33.6 Å². The first-order chi connectivity index (χ1) is 28.8. The van der Waals surface area contributed by atoms with Crippen molar-refractivity contribution in [3.63, 3.8) is 0 Å². The number of oxime groups is 1. The number of rotatable bonds is 18. The third-order valence-electron chi connectivity index (χ3n) is 11.4. The van der Waals surface area contributed by atoms with Crippen LogP contribution >= 0.6 is 34.7 Å². The quantitative estimate of drug-likeness (QED) is 0.0173. The van der Waals surface area contributed by atoms with Crippen LogP contribution in [0, 0.1) is 5.41 Å². The van der Waals surface area contributed by atoms with Crippen LogP contribution in [0.15, 0.2) is 33.9 Å². The molecule has 2 bridgehead atoms. The second-order valence-corrected chi connectivity index (χ2v) is 17.6. The van der Waals surface area contributed by atoms with Crippen molar-refractivity contribution in [1.82, 2.24) is 25.8 Å². The SMILES string of the molecule is Nc1nc(/C(=N/O[C@@H](CNC(=O)c2ccc(O)c(O)c2Cl)C(=O)O)C(=O)N[C@@H]2C(=O)N3C(C(=O)O)=C(C[N+]45CCC(CNC(=O)CC[C@H](N)C(=O)O)(CC4)CC5)CS[C@H]23)cs1.[Na+]. The molecule has 328 valence electrons. The van der Waals surface area contributed by atoms with E-state index in [1.165, 1.54) is 17.1 Å². The molecule has 7 rings (SSSR count). The zero-order valence-electron chi connectivity index (χ0n) is 33.2. The van der Waals surface area contributed by atoms with Gasteiger partial charge in [-0.05, 0) is 18.6 Å². The molecular formula is C36H43ClN9NaO13S2+2. The number of halogens is 1. The van der Waals surface area contributed by atoms with E-state index in [1.54, 1.807) is 0 Å². The summed E-state index contributed by atoms with van der Waals surface area (Å²) in [5.41, 5.74) is 10.6. The van der Waals surface area contributed by atoms with Gasteiger partial charge in [0.15, 0.2) is 22.3 Å². The molecular weight excluding hydrogens is 889 g/mol. The average molecular weight is 932 g/mol. The molecule has 6 heterocycles. The number of thioether (sulfide) groups is 1. The van der Waals surface area contributed by atoms with E-state index in [2.05, 4.69) is 26.1 Å². The van der Waals surface area contributed by atoms with E-state index in [1.807, 2.05) is 0 Å². The number of benzene rings is 1. The number of phenols is 2. The van der Waals surface area contributed by atoms with Gasteiger partial charge >= 0.3 is 47.5 Å². The molecule has 26 heteroatoms. The molecule has 0 saturated carbocycles. The number of β-lactam (4-membered cyclic amide) rings is 1. The van der Waals surface area contributed by atoms with E-state index in [4.69, 9.17) is 33.0 Å². The van der Waals surface area contributed by atoms with E-state index in [0.29, 0.717) is 23.1 Å². The molecule has 0 radical (unpaired) electrons. The minimum atomic E-state index is -1.88. The van der Waals surface area contributed by atoms with Gasteiger partial charge in [-0.3, -0.25) is 28.9 Å². The number of aromatic hydroxyl groups is 2. The largest absolute Gasteiger partial charge is 1.00 e. The zero-order chi connectivity index (χ0) is 44.4. The van der Waals surface area contributed by atoms with E-state index in [0.717, 1.165) is 67.3 Å². The zero-order valence-corrected chi connectivity index (χ0v) is 37.6. The van der Waals surface area contributed by atoms with Crippen molar-refractivity contribution in [2.75, 3.05) is 50.8 Å². The second kappa shape index (κ2) is 19.8. The van der Waals surface area contributed by atoms with Crippen LogP contribution in [-0.4, -0.2) is 156 Å². The number of nitrogens with two attached hydrogens (primary N) is 2. The standard InChI is InChI=1S/C36H42ClN9O13S2.Na/c37-23-17(1-3-20(47)27(23)49)28(50)40-11-21(33(55)56)59-44-24(19-14-61-35(39)42-19)29(51)43-25-30(52)45-26(34(57)58)16(13-60-31(25)45)12-46-8-5-36(6-9-46,7-10-46)15-41-22(48)4-2-18(38)32(53)54;/h1,3,14,18,21,25,31H,2,4-13,15,38H2,(H9-,39,40,41,42,43,44,47,48,49,50,51,53,54,55,56,57,58);/q;+1/p+1/t18-,21-,25+,31+,36?,46?;/m0./s1. The fraction of sp³-hybridized carbons (Fsp3) is 0.472. The van der Waals surface area contributed by atoms with Crippen molar-refractivity contribution in [2.45, 2.75) is 55.7 Å². The second-order valence-electron chi connectivity index (χ2n) is 15.2. The number of carbonyl (C=O) groups is 7. The van der Waals surface area contributed by atoms with Crippen LogP contribution in [0.1, 0.15) is 48.2 Å². The summed E-state index contributed by atoms with van der Waals surface area (Å²) in [7, 11) is 0. The molecule has 4 amide bonds. The number of quaternary nitrogens is 1. The smallest absolute Gasteiger partial charge is 0.504 e. The van der Waals surface area contributed by atoms with Crippen molar-refractivity contribution in [3.8, 4) is 11.5 Å². The number of aromatic nitrogens is 1. The Morgan fingerprint density at radius 2 is 1.74 bits per heavy atom. The Labute approximate surface area is 387 Å². The van der Waals surface area contributed by atoms with E-state index < -0.39 is 88.0 Å². The number of amides is 4. The Bertz CT molecular complexity index is 2200. The van der Waals surface area contributed by atoms with Gasteiger partial charge < -0.3 is 62.3 Å². The Kier molecular flexibility index (Phi) is 15.4. The molecule has 0 unspecified atom stereocenters. The average Bonchev–Trinajstić information content (AvgIpc) is 3.66. The van der Waals surface area contributed by atoms with E-state index in [-0.39, 0.29) is 81.6 Å². The predicted octanol–water partition coefficient (Wildman–Crippen LogP) is -3.55. The first-order valence-electron chi connectivity index (χ1n) is 18.8. The maximum absolute atomic E-state index is 13.7. The van der Waals surface area contributed by atoms with Crippen LogP contribution in [0.3, 0.4) is 0 Å². The van der Waals surface area contributed by atoms with Gasteiger partial charge in [-0.1, -0.05) is 16.8 Å². The number of hydrogen-bond donors (Lipinski definition) is 10. The number of carbonyl (C=O) groups excluding carboxylic acids is 4. The summed E-state index contributed by atoms with van der Waals surface area (Å²) in [5, 5.41) is 60.1. The number of aliphatic carboxylic acids is 3. The Balaban J connectivity index is 0.00000726. The number of fused-ring (bicyclic) bond motifs is 4. The summed E-state index contributed by atoms with van der Waals surface area (Å²) < 4.78 is 0.620. The van der Waals surface area contributed by atoms with Gasteiger partial charge in [-0.25, -0.2) is 14.6 Å². The Hall–Kier alpha value is -4.69. The van der Waals surface area contributed by atoms with Crippen LogP contribution in [0.4, 0.5) is 5.13 Å². The van der Waals surface area contributed by atoms with Crippen molar-refractivity contribution in [3.05, 3.63) is 45.1 Å². The van der Waals surface area contributed by atoms with Gasteiger partial charge in [0.2, 0.25) is 12.0 Å². The minimum Gasteiger partial charge on any atom is -0.504 e. The Morgan fingerprint density at radius 1 is 1.06 bits per heavy atom. The molecule has 22 nitrogen and oxygen atoms in total. The maximum atomic E-state index is 13.7. The molecule has 5 aliphatic heterocycles. The van der Waals surface area contributed by atoms with Crippen LogP contribution < -0.4 is 57.0 Å². The predicted molar refractivity (Wildman–Crippen MR) is 216 cm³/mol. The number of hydrogen-bond acceptors (Lipinski definition) is 16. The molecule has 0 spiro atoms. The van der Waals surface area contributed by atoms with Gasteiger partial charge in [0.05, 0.1) is 36.8 Å². The monoisotopic (exact) mass is 931 g/mol. The van der Waals surface area contributed by atoms with Crippen molar-refractivity contribution in [1.29, 1.82) is 0 Å². The van der Waals surface area contributed by atoms with Crippen LogP contribution in [0.2, 0.25) is 5.02 Å². The fourth-order valence-electron chi connectivity index (χ4n) is 7.74. The molecule has 2 aromatic rings. The first kappa shape index (κ1) is 48.3.